The van der Waals surface area contributed by atoms with Crippen LogP contribution in [-0.2, 0) is 11.3 Å². The van der Waals surface area contributed by atoms with Crippen molar-refractivity contribution in [2.75, 3.05) is 6.61 Å². The molecular formula is C19H16FN5O2. The zero-order chi connectivity index (χ0) is 18.4. The highest BCUT2D eigenvalue weighted by atomic mass is 19.1. The van der Waals surface area contributed by atoms with Gasteiger partial charge in [-0.15, -0.1) is 0 Å². The van der Waals surface area contributed by atoms with Gasteiger partial charge in [-0.25, -0.2) is 9.37 Å². The van der Waals surface area contributed by atoms with Gasteiger partial charge >= 0.3 is 0 Å². The van der Waals surface area contributed by atoms with Crippen molar-refractivity contribution < 1.29 is 9.13 Å². The van der Waals surface area contributed by atoms with E-state index < -0.39 is 0 Å². The highest BCUT2D eigenvalue weighted by molar-refractivity contribution is 5.93. The summed E-state index contributed by atoms with van der Waals surface area (Å²) in [6, 6.07) is 7.77. The zero-order valence-corrected chi connectivity index (χ0v) is 14.4. The van der Waals surface area contributed by atoms with Gasteiger partial charge in [-0.05, 0) is 43.2 Å². The summed E-state index contributed by atoms with van der Waals surface area (Å²) >= 11 is 0. The average Bonchev–Trinajstić information content (AvgIpc) is 3.35. The quantitative estimate of drug-likeness (QED) is 0.557. The summed E-state index contributed by atoms with van der Waals surface area (Å²) in [5, 5.41) is 4.65. The lowest BCUT2D eigenvalue weighted by Crippen LogP contribution is -2.27. The minimum Gasteiger partial charge on any atom is -0.376 e. The first kappa shape index (κ1) is 16.1. The molecule has 1 aliphatic rings. The molecule has 4 heterocycles. The number of nitrogens with zero attached hydrogens (tertiary/aromatic N) is 5. The molecule has 0 saturated carbocycles. The Labute approximate surface area is 153 Å². The number of ether oxygens (including phenoxy) is 1. The fraction of sp³-hybridized carbons (Fsp3) is 0.263. The van der Waals surface area contributed by atoms with Crippen LogP contribution in [0.25, 0.3) is 27.9 Å². The third-order valence-corrected chi connectivity index (χ3v) is 4.88. The highest BCUT2D eigenvalue weighted by Crippen LogP contribution is 2.26. The van der Waals surface area contributed by atoms with E-state index in [0.29, 0.717) is 34.5 Å². The molecule has 0 bridgehead atoms. The molecule has 0 spiro atoms. The first-order valence-electron chi connectivity index (χ1n) is 8.81. The largest absolute Gasteiger partial charge is 0.376 e. The summed E-state index contributed by atoms with van der Waals surface area (Å²) in [5.74, 6) is 0.0424. The lowest BCUT2D eigenvalue weighted by atomic mass is 10.1. The van der Waals surface area contributed by atoms with Crippen molar-refractivity contribution in [3.05, 3.63) is 59.0 Å². The maximum absolute atomic E-state index is 13.4. The van der Waals surface area contributed by atoms with Gasteiger partial charge in [-0.3, -0.25) is 4.79 Å². The Morgan fingerprint density at radius 2 is 2.07 bits per heavy atom. The van der Waals surface area contributed by atoms with Crippen LogP contribution in [0.4, 0.5) is 4.39 Å². The molecule has 1 fully saturated rings. The molecule has 0 aliphatic carbocycles. The molecule has 1 atom stereocenters. The Bertz CT molecular complexity index is 1190. The van der Waals surface area contributed by atoms with Crippen molar-refractivity contribution in [2.24, 2.45) is 0 Å². The summed E-state index contributed by atoms with van der Waals surface area (Å²) in [6.45, 7) is 1.22. The van der Waals surface area contributed by atoms with Crippen molar-refractivity contribution in [3.8, 4) is 11.3 Å². The lowest BCUT2D eigenvalue weighted by molar-refractivity contribution is 0.0963. The molecule has 0 radical (unpaired) electrons. The number of benzene rings is 1. The van der Waals surface area contributed by atoms with Crippen molar-refractivity contribution in [3.63, 3.8) is 0 Å². The standard InChI is InChI=1S/C19H16FN5O2/c20-13-5-3-12(4-6-13)17-16-15(23-19-21-11-22-25(17)19)7-8-24(18(16)26)10-14-2-1-9-27-14/h3-8,11,14H,1-2,9-10H2. The van der Waals surface area contributed by atoms with Crippen molar-refractivity contribution in [1.29, 1.82) is 0 Å². The average molecular weight is 365 g/mol. The minimum atomic E-state index is -0.345. The highest BCUT2D eigenvalue weighted by Gasteiger charge is 2.20. The summed E-state index contributed by atoms with van der Waals surface area (Å²) in [7, 11) is 0. The molecule has 0 amide bonds. The number of hydrogen-bond acceptors (Lipinski definition) is 5. The Kier molecular flexibility index (Phi) is 3.71. The van der Waals surface area contributed by atoms with E-state index in [2.05, 4.69) is 15.1 Å². The lowest BCUT2D eigenvalue weighted by Gasteiger charge is -2.14. The molecule has 1 saturated heterocycles. The second-order valence-electron chi connectivity index (χ2n) is 6.61. The Balaban J connectivity index is 1.78. The first-order valence-corrected chi connectivity index (χ1v) is 8.81. The fourth-order valence-electron chi connectivity index (χ4n) is 3.59. The molecule has 7 nitrogen and oxygen atoms in total. The number of rotatable bonds is 3. The SMILES string of the molecule is O=c1c2c(-c3ccc(F)cc3)n3ncnc3nc2ccn1CC1CCCO1. The normalized spacial score (nSPS) is 17.1. The van der Waals surface area contributed by atoms with Crippen LogP contribution >= 0.6 is 0 Å². The maximum atomic E-state index is 13.4. The smallest absolute Gasteiger partial charge is 0.262 e. The second-order valence-corrected chi connectivity index (χ2v) is 6.61. The van der Waals surface area contributed by atoms with E-state index in [0.717, 1.165) is 19.4 Å². The van der Waals surface area contributed by atoms with Gasteiger partial charge in [-0.2, -0.15) is 14.6 Å². The van der Waals surface area contributed by atoms with Gasteiger partial charge in [0.2, 0.25) is 0 Å². The summed E-state index contributed by atoms with van der Waals surface area (Å²) in [4.78, 5) is 21.9. The van der Waals surface area contributed by atoms with Crippen LogP contribution in [0.15, 0.2) is 47.7 Å². The van der Waals surface area contributed by atoms with Gasteiger partial charge in [0, 0.05) is 18.4 Å². The van der Waals surface area contributed by atoms with Gasteiger partial charge < -0.3 is 9.30 Å². The third-order valence-electron chi connectivity index (χ3n) is 4.88. The van der Waals surface area contributed by atoms with E-state index in [-0.39, 0.29) is 17.5 Å². The van der Waals surface area contributed by atoms with Crippen LogP contribution in [0.3, 0.4) is 0 Å². The van der Waals surface area contributed by atoms with Crippen molar-refractivity contribution >= 4 is 16.7 Å². The monoisotopic (exact) mass is 365 g/mol. The van der Waals surface area contributed by atoms with E-state index >= 15 is 0 Å². The van der Waals surface area contributed by atoms with Gasteiger partial charge in [0.15, 0.2) is 0 Å². The van der Waals surface area contributed by atoms with E-state index in [1.807, 2.05) is 0 Å². The van der Waals surface area contributed by atoms with Gasteiger partial charge in [0.25, 0.3) is 11.3 Å². The summed E-state index contributed by atoms with van der Waals surface area (Å²) in [6.07, 6.45) is 5.11. The molecule has 27 heavy (non-hydrogen) atoms. The Hall–Kier alpha value is -3.13. The second kappa shape index (κ2) is 6.24. The van der Waals surface area contributed by atoms with E-state index in [1.165, 1.54) is 23.0 Å². The van der Waals surface area contributed by atoms with Crippen LogP contribution in [0.1, 0.15) is 12.8 Å². The number of aromatic nitrogens is 5. The van der Waals surface area contributed by atoms with Crippen LogP contribution in [0.5, 0.6) is 0 Å². The van der Waals surface area contributed by atoms with E-state index in [1.54, 1.807) is 29.0 Å². The Morgan fingerprint density at radius 3 is 2.85 bits per heavy atom. The topological polar surface area (TPSA) is 74.3 Å². The van der Waals surface area contributed by atoms with Crippen molar-refractivity contribution in [2.45, 2.75) is 25.5 Å². The Morgan fingerprint density at radius 1 is 1.22 bits per heavy atom. The van der Waals surface area contributed by atoms with Crippen LogP contribution in [0.2, 0.25) is 0 Å². The molecule has 3 aromatic heterocycles. The zero-order valence-electron chi connectivity index (χ0n) is 14.4. The van der Waals surface area contributed by atoms with Crippen molar-refractivity contribution in [1.82, 2.24) is 24.1 Å². The molecule has 136 valence electrons. The van der Waals surface area contributed by atoms with Crippen LogP contribution in [-0.4, -0.2) is 36.9 Å². The predicted octanol–water partition coefficient (Wildman–Crippen LogP) is 2.42. The van der Waals surface area contributed by atoms with Crippen LogP contribution < -0.4 is 5.56 Å². The molecule has 1 aliphatic heterocycles. The minimum absolute atomic E-state index is 0.0393. The first-order chi connectivity index (χ1) is 13.2. The van der Waals surface area contributed by atoms with Gasteiger partial charge in [0.05, 0.1) is 29.2 Å². The summed E-state index contributed by atoms with van der Waals surface area (Å²) in [5.41, 5.74) is 1.58. The molecule has 0 N–H and O–H groups in total. The number of pyridine rings is 1. The molecule has 4 aromatic rings. The fourth-order valence-corrected chi connectivity index (χ4v) is 3.59. The van der Waals surface area contributed by atoms with Crippen LogP contribution in [0, 0.1) is 5.82 Å². The van der Waals surface area contributed by atoms with E-state index in [4.69, 9.17) is 4.74 Å². The molecular weight excluding hydrogens is 349 g/mol. The maximum Gasteiger partial charge on any atom is 0.262 e. The predicted molar refractivity (Wildman–Crippen MR) is 96.9 cm³/mol. The molecule has 8 heteroatoms. The van der Waals surface area contributed by atoms with Gasteiger partial charge in [-0.1, -0.05) is 0 Å². The molecule has 1 unspecified atom stereocenters. The van der Waals surface area contributed by atoms with E-state index in [9.17, 15) is 9.18 Å². The number of fused-ring (bicyclic) bond motifs is 2. The van der Waals surface area contributed by atoms with Gasteiger partial charge in [0.1, 0.15) is 12.1 Å². The third kappa shape index (κ3) is 2.69. The number of halogens is 1. The molecule has 1 aromatic carbocycles. The number of hydrogen-bond donors (Lipinski definition) is 0. The molecule has 5 rings (SSSR count). The summed E-state index contributed by atoms with van der Waals surface area (Å²) < 4.78 is 22.2.